The highest BCUT2D eigenvalue weighted by Gasteiger charge is 2.18. The Morgan fingerprint density at radius 3 is 2.55 bits per heavy atom. The Kier molecular flexibility index (Phi) is 3.38. The summed E-state index contributed by atoms with van der Waals surface area (Å²) in [7, 11) is 0. The lowest BCUT2D eigenvalue weighted by atomic mass is 10.1. The molecule has 0 aliphatic heterocycles. The number of rotatable bonds is 1. The molecule has 0 fully saturated rings. The first kappa shape index (κ1) is 16.4. The largest absolute Gasteiger partial charge is 0.455 e. The second-order valence-electron chi connectivity index (χ2n) is 7.06. The summed E-state index contributed by atoms with van der Waals surface area (Å²) in [6, 6.07) is 26.6. The molecule has 0 saturated carbocycles. The average molecular weight is 437 g/mol. The van der Waals surface area contributed by atoms with E-state index in [-0.39, 0.29) is 0 Å². The number of nitrogens with zero attached hydrogens (tertiary/aromatic N) is 2. The van der Waals surface area contributed by atoms with Gasteiger partial charge in [0.2, 0.25) is 0 Å². The van der Waals surface area contributed by atoms with E-state index in [9.17, 15) is 0 Å². The normalized spacial score (nSPS) is 11.6. The molecule has 0 atom stereocenters. The molecule has 0 bridgehead atoms. The van der Waals surface area contributed by atoms with Gasteiger partial charge >= 0.3 is 0 Å². The van der Waals surface area contributed by atoms with Crippen molar-refractivity contribution in [3.05, 3.63) is 94.8 Å². The van der Waals surface area contributed by atoms with Crippen LogP contribution in [0.1, 0.15) is 0 Å². The molecule has 4 heteroatoms. The van der Waals surface area contributed by atoms with Crippen LogP contribution in [-0.4, -0.2) is 4.57 Å². The van der Waals surface area contributed by atoms with Crippen LogP contribution in [0, 0.1) is 6.57 Å². The monoisotopic (exact) mass is 436 g/mol. The standard InChI is InChI=1S/C25H13BrN2O/c1-27-16-9-12-23-20(14-16)18-10-11-22-24(25(18)29-23)19-7-2-3-8-21(19)28(22)17-6-4-5-15(26)13-17/h2-14H. The number of benzene rings is 4. The van der Waals surface area contributed by atoms with Gasteiger partial charge < -0.3 is 8.98 Å². The van der Waals surface area contributed by atoms with Crippen LogP contribution < -0.4 is 0 Å². The van der Waals surface area contributed by atoms with E-state index in [1.807, 2.05) is 24.3 Å². The molecule has 6 rings (SSSR count). The van der Waals surface area contributed by atoms with E-state index < -0.39 is 0 Å². The zero-order valence-corrected chi connectivity index (χ0v) is 16.8. The fraction of sp³-hybridized carbons (Fsp3) is 0. The highest BCUT2D eigenvalue weighted by atomic mass is 79.9. The summed E-state index contributed by atoms with van der Waals surface area (Å²) in [5, 5.41) is 4.26. The Bertz CT molecular complexity index is 1630. The van der Waals surface area contributed by atoms with Gasteiger partial charge in [0.15, 0.2) is 5.69 Å². The summed E-state index contributed by atoms with van der Waals surface area (Å²) < 4.78 is 9.63. The topological polar surface area (TPSA) is 22.4 Å². The van der Waals surface area contributed by atoms with Crippen molar-refractivity contribution in [1.82, 2.24) is 4.57 Å². The van der Waals surface area contributed by atoms with Crippen LogP contribution >= 0.6 is 15.9 Å². The molecule has 6 aromatic rings. The molecule has 0 saturated heterocycles. The van der Waals surface area contributed by atoms with E-state index in [4.69, 9.17) is 11.0 Å². The summed E-state index contributed by atoms with van der Waals surface area (Å²) in [6.45, 7) is 7.32. The van der Waals surface area contributed by atoms with E-state index in [0.717, 1.165) is 53.9 Å². The Morgan fingerprint density at radius 1 is 0.793 bits per heavy atom. The van der Waals surface area contributed by atoms with Gasteiger partial charge in [-0.25, -0.2) is 4.85 Å². The van der Waals surface area contributed by atoms with Crippen LogP contribution in [0.2, 0.25) is 0 Å². The van der Waals surface area contributed by atoms with E-state index in [1.54, 1.807) is 6.07 Å². The maximum Gasteiger partial charge on any atom is 0.188 e. The molecule has 0 radical (unpaired) electrons. The van der Waals surface area contributed by atoms with Gasteiger partial charge in [0, 0.05) is 26.3 Å². The molecule has 2 aromatic heterocycles. The predicted octanol–water partition coefficient (Wildman–Crippen LogP) is 8.00. The van der Waals surface area contributed by atoms with Crippen molar-refractivity contribution >= 4 is 65.4 Å². The van der Waals surface area contributed by atoms with Crippen LogP contribution in [0.15, 0.2) is 87.8 Å². The third-order valence-corrected chi connectivity index (χ3v) is 5.94. The number of furan rings is 1. The Hall–Kier alpha value is -3.55. The number of hydrogen-bond acceptors (Lipinski definition) is 1. The summed E-state index contributed by atoms with van der Waals surface area (Å²) in [4.78, 5) is 3.57. The molecule has 0 aliphatic carbocycles. The zero-order chi connectivity index (χ0) is 19.5. The van der Waals surface area contributed by atoms with Crippen molar-refractivity contribution in [1.29, 1.82) is 0 Å². The Labute approximate surface area is 174 Å². The third-order valence-electron chi connectivity index (χ3n) is 5.45. The highest BCUT2D eigenvalue weighted by Crippen LogP contribution is 2.41. The molecular formula is C25H13BrN2O. The summed E-state index contributed by atoms with van der Waals surface area (Å²) in [5.41, 5.74) is 5.62. The van der Waals surface area contributed by atoms with Gasteiger partial charge in [-0.3, -0.25) is 0 Å². The van der Waals surface area contributed by atoms with Gasteiger partial charge in [0.25, 0.3) is 0 Å². The van der Waals surface area contributed by atoms with Crippen LogP contribution in [0.4, 0.5) is 5.69 Å². The van der Waals surface area contributed by atoms with Gasteiger partial charge in [0.05, 0.1) is 23.0 Å². The lowest BCUT2D eigenvalue weighted by Crippen LogP contribution is -1.93. The van der Waals surface area contributed by atoms with Crippen LogP contribution in [0.25, 0.3) is 54.3 Å². The minimum atomic E-state index is 0.622. The molecule has 4 aromatic carbocycles. The minimum Gasteiger partial charge on any atom is -0.455 e. The predicted molar refractivity (Wildman–Crippen MR) is 122 cm³/mol. The van der Waals surface area contributed by atoms with Gasteiger partial charge in [-0.15, -0.1) is 0 Å². The Balaban J connectivity index is 1.83. The first-order valence-electron chi connectivity index (χ1n) is 9.26. The van der Waals surface area contributed by atoms with Crippen molar-refractivity contribution in [3.8, 4) is 5.69 Å². The molecule has 0 amide bonds. The van der Waals surface area contributed by atoms with Gasteiger partial charge in [-0.1, -0.05) is 46.3 Å². The Morgan fingerprint density at radius 2 is 1.69 bits per heavy atom. The van der Waals surface area contributed by atoms with Crippen molar-refractivity contribution in [2.24, 2.45) is 0 Å². The molecule has 2 heterocycles. The molecule has 3 nitrogen and oxygen atoms in total. The fourth-order valence-electron chi connectivity index (χ4n) is 4.24. The summed E-state index contributed by atoms with van der Waals surface area (Å²) in [5.74, 6) is 0. The number of hydrogen-bond donors (Lipinski definition) is 0. The fourth-order valence-corrected chi connectivity index (χ4v) is 4.62. The van der Waals surface area contributed by atoms with E-state index >= 15 is 0 Å². The number of para-hydroxylation sites is 1. The number of fused-ring (bicyclic) bond motifs is 7. The van der Waals surface area contributed by atoms with Gasteiger partial charge in [-0.2, -0.15) is 0 Å². The highest BCUT2D eigenvalue weighted by molar-refractivity contribution is 9.10. The minimum absolute atomic E-state index is 0.622. The summed E-state index contributed by atoms with van der Waals surface area (Å²) >= 11 is 3.60. The lowest BCUT2D eigenvalue weighted by Gasteiger charge is -2.08. The molecule has 0 aliphatic rings. The van der Waals surface area contributed by atoms with Crippen LogP contribution in [-0.2, 0) is 0 Å². The maximum absolute atomic E-state index is 7.32. The van der Waals surface area contributed by atoms with E-state index in [2.05, 4.69) is 73.9 Å². The lowest BCUT2D eigenvalue weighted by molar-refractivity contribution is 0.673. The van der Waals surface area contributed by atoms with Gasteiger partial charge in [0.1, 0.15) is 11.2 Å². The van der Waals surface area contributed by atoms with Crippen molar-refractivity contribution in [2.75, 3.05) is 0 Å². The van der Waals surface area contributed by atoms with Crippen molar-refractivity contribution in [3.63, 3.8) is 0 Å². The van der Waals surface area contributed by atoms with Gasteiger partial charge in [-0.05, 0) is 48.5 Å². The second kappa shape index (κ2) is 5.97. The molecule has 29 heavy (non-hydrogen) atoms. The molecule has 0 spiro atoms. The maximum atomic E-state index is 7.32. The summed E-state index contributed by atoms with van der Waals surface area (Å²) in [6.07, 6.45) is 0. The number of halogens is 1. The first-order chi connectivity index (χ1) is 14.2. The van der Waals surface area contributed by atoms with Crippen LogP contribution in [0.3, 0.4) is 0 Å². The SMILES string of the molecule is [C-]#[N+]c1ccc2oc3c(ccc4c3c3ccccc3n4-c3cccc(Br)c3)c2c1. The molecule has 0 N–H and O–H groups in total. The first-order valence-corrected chi connectivity index (χ1v) is 10.1. The second-order valence-corrected chi connectivity index (χ2v) is 7.98. The van der Waals surface area contributed by atoms with Crippen molar-refractivity contribution < 1.29 is 4.42 Å². The number of aromatic nitrogens is 1. The zero-order valence-electron chi connectivity index (χ0n) is 15.2. The molecule has 0 unspecified atom stereocenters. The third kappa shape index (κ3) is 2.28. The quantitative estimate of drug-likeness (QED) is 0.239. The van der Waals surface area contributed by atoms with Crippen LogP contribution in [0.5, 0.6) is 0 Å². The molecule has 136 valence electrons. The average Bonchev–Trinajstić information content (AvgIpc) is 3.28. The molecular weight excluding hydrogens is 424 g/mol. The van der Waals surface area contributed by atoms with Crippen molar-refractivity contribution in [2.45, 2.75) is 0 Å². The van der Waals surface area contributed by atoms with E-state index in [1.165, 1.54) is 0 Å². The van der Waals surface area contributed by atoms with E-state index in [0.29, 0.717) is 5.69 Å². The smallest absolute Gasteiger partial charge is 0.188 e.